The first-order chi connectivity index (χ1) is 15.4. The molecule has 0 radical (unpaired) electrons. The van der Waals surface area contributed by atoms with Crippen molar-refractivity contribution in [3.05, 3.63) is 81.2 Å². The highest BCUT2D eigenvalue weighted by Gasteiger charge is 2.20. The Labute approximate surface area is 189 Å². The van der Waals surface area contributed by atoms with Gasteiger partial charge in [0.1, 0.15) is 23.0 Å². The number of nitrogens with zero attached hydrogens (tertiary/aromatic N) is 4. The summed E-state index contributed by atoms with van der Waals surface area (Å²) >= 11 is 0. The van der Waals surface area contributed by atoms with Crippen LogP contribution in [0.5, 0.6) is 0 Å². The Morgan fingerprint density at radius 2 is 1.79 bits per heavy atom. The summed E-state index contributed by atoms with van der Waals surface area (Å²) in [6.45, 7) is 3.48. The topological polar surface area (TPSA) is 86.8 Å². The monoisotopic (exact) mass is 472 g/mol. The maximum Gasteiger partial charge on any atom is 0.253 e. The number of halogens is 2. The molecule has 172 valence electrons. The molecular formula is C23H22F2N4O3S. The molecule has 0 N–H and O–H groups in total. The standard InChI is InChI=1S/C23H22F2N4O3S/c1-13-7-16(10-28(3)23(13)30)19-9-21-22(20(27-19)12-33(4,31)32)26-14(2)29(21)11-15-5-6-17(24)8-18(15)25/h5-10H,11-12H2,1-4H3. The number of fused-ring (bicyclic) bond motifs is 1. The van der Waals surface area contributed by atoms with Crippen molar-refractivity contribution >= 4 is 20.9 Å². The van der Waals surface area contributed by atoms with Crippen molar-refractivity contribution in [3.8, 4) is 11.3 Å². The van der Waals surface area contributed by atoms with Crippen LogP contribution in [0.15, 0.2) is 41.3 Å². The minimum Gasteiger partial charge on any atom is -0.323 e. The van der Waals surface area contributed by atoms with E-state index in [1.165, 1.54) is 16.7 Å². The summed E-state index contributed by atoms with van der Waals surface area (Å²) in [6.07, 6.45) is 2.74. The van der Waals surface area contributed by atoms with Crippen LogP contribution in [0.25, 0.3) is 22.3 Å². The van der Waals surface area contributed by atoms with E-state index in [0.29, 0.717) is 33.7 Å². The molecule has 0 atom stereocenters. The van der Waals surface area contributed by atoms with Crippen LogP contribution < -0.4 is 5.56 Å². The molecule has 4 aromatic rings. The fourth-order valence-electron chi connectivity index (χ4n) is 3.83. The lowest BCUT2D eigenvalue weighted by atomic mass is 10.1. The molecule has 3 heterocycles. The third-order valence-electron chi connectivity index (χ3n) is 5.40. The first-order valence-corrected chi connectivity index (χ1v) is 12.1. The van der Waals surface area contributed by atoms with Gasteiger partial charge in [0.2, 0.25) is 0 Å². The highest BCUT2D eigenvalue weighted by atomic mass is 32.2. The van der Waals surface area contributed by atoms with E-state index in [9.17, 15) is 22.0 Å². The SMILES string of the molecule is Cc1cc(-c2cc3c(nc(C)n3Cc3ccc(F)cc3F)c(CS(C)(=O)=O)n2)cn(C)c1=O. The van der Waals surface area contributed by atoms with Crippen LogP contribution in [0.2, 0.25) is 0 Å². The number of imidazole rings is 1. The zero-order chi connectivity index (χ0) is 24.1. The van der Waals surface area contributed by atoms with Gasteiger partial charge in [-0.05, 0) is 32.0 Å². The fraction of sp³-hybridized carbons (Fsp3) is 0.261. The van der Waals surface area contributed by atoms with Crippen molar-refractivity contribution in [2.45, 2.75) is 26.1 Å². The molecule has 0 saturated heterocycles. The van der Waals surface area contributed by atoms with Gasteiger partial charge in [0.25, 0.3) is 5.56 Å². The molecule has 0 aliphatic heterocycles. The van der Waals surface area contributed by atoms with Crippen LogP contribution in [-0.2, 0) is 29.2 Å². The molecule has 0 unspecified atom stereocenters. The first-order valence-electron chi connectivity index (χ1n) is 10.1. The second-order valence-electron chi connectivity index (χ2n) is 8.20. The highest BCUT2D eigenvalue weighted by molar-refractivity contribution is 7.89. The zero-order valence-corrected chi connectivity index (χ0v) is 19.4. The van der Waals surface area contributed by atoms with E-state index in [1.54, 1.807) is 43.8 Å². The molecule has 1 aromatic carbocycles. The number of aromatic nitrogens is 4. The van der Waals surface area contributed by atoms with Crippen molar-refractivity contribution in [2.75, 3.05) is 6.26 Å². The van der Waals surface area contributed by atoms with E-state index >= 15 is 0 Å². The molecule has 10 heteroatoms. The summed E-state index contributed by atoms with van der Waals surface area (Å²) < 4.78 is 55.1. The van der Waals surface area contributed by atoms with Gasteiger partial charge >= 0.3 is 0 Å². The van der Waals surface area contributed by atoms with Gasteiger partial charge in [0.15, 0.2) is 9.84 Å². The van der Waals surface area contributed by atoms with Crippen molar-refractivity contribution in [1.29, 1.82) is 0 Å². The number of rotatable bonds is 5. The number of benzene rings is 1. The molecule has 0 aliphatic carbocycles. The Hall–Kier alpha value is -3.40. The minimum atomic E-state index is -3.43. The van der Waals surface area contributed by atoms with Crippen molar-refractivity contribution in [3.63, 3.8) is 0 Å². The van der Waals surface area contributed by atoms with E-state index in [4.69, 9.17) is 0 Å². The van der Waals surface area contributed by atoms with Crippen LogP contribution in [0.4, 0.5) is 8.78 Å². The summed E-state index contributed by atoms with van der Waals surface area (Å²) in [7, 11) is -1.81. The largest absolute Gasteiger partial charge is 0.323 e. The zero-order valence-electron chi connectivity index (χ0n) is 18.6. The number of hydrogen-bond acceptors (Lipinski definition) is 5. The Morgan fingerprint density at radius 3 is 2.42 bits per heavy atom. The molecule has 0 fully saturated rings. The van der Waals surface area contributed by atoms with E-state index < -0.39 is 21.5 Å². The number of hydrogen-bond donors (Lipinski definition) is 0. The summed E-state index contributed by atoms with van der Waals surface area (Å²) in [5.41, 5.74) is 2.93. The molecule has 0 saturated carbocycles. The van der Waals surface area contributed by atoms with Crippen LogP contribution in [0, 0.1) is 25.5 Å². The Bertz CT molecular complexity index is 1550. The molecule has 0 aliphatic rings. The molecule has 0 amide bonds. The normalized spacial score (nSPS) is 11.9. The molecule has 33 heavy (non-hydrogen) atoms. The van der Waals surface area contributed by atoms with E-state index in [0.717, 1.165) is 12.3 Å². The van der Waals surface area contributed by atoms with Gasteiger partial charge in [-0.15, -0.1) is 0 Å². The number of aryl methyl sites for hydroxylation is 3. The molecule has 4 rings (SSSR count). The first kappa shape index (κ1) is 22.8. The van der Waals surface area contributed by atoms with Crippen molar-refractivity contribution in [2.24, 2.45) is 7.05 Å². The summed E-state index contributed by atoms with van der Waals surface area (Å²) in [5, 5.41) is 0. The highest BCUT2D eigenvalue weighted by Crippen LogP contribution is 2.28. The predicted molar refractivity (Wildman–Crippen MR) is 122 cm³/mol. The van der Waals surface area contributed by atoms with Gasteiger partial charge in [0, 0.05) is 42.3 Å². The second kappa shape index (κ2) is 8.18. The van der Waals surface area contributed by atoms with Crippen molar-refractivity contribution < 1.29 is 17.2 Å². The minimum absolute atomic E-state index is 0.0719. The average Bonchev–Trinajstić information content (AvgIpc) is 3.02. The van der Waals surface area contributed by atoms with E-state index in [1.807, 2.05) is 0 Å². The fourth-order valence-corrected chi connectivity index (χ4v) is 4.53. The smallest absolute Gasteiger partial charge is 0.253 e. The van der Waals surface area contributed by atoms with Crippen molar-refractivity contribution in [1.82, 2.24) is 19.1 Å². The summed E-state index contributed by atoms with van der Waals surface area (Å²) in [6, 6.07) is 6.79. The lowest BCUT2D eigenvalue weighted by molar-refractivity contribution is 0.566. The molecular weight excluding hydrogens is 450 g/mol. The van der Waals surface area contributed by atoms with Crippen LogP contribution >= 0.6 is 0 Å². The van der Waals surface area contributed by atoms with E-state index in [2.05, 4.69) is 9.97 Å². The van der Waals surface area contributed by atoms with E-state index in [-0.39, 0.29) is 29.1 Å². The third kappa shape index (κ3) is 4.56. The Balaban J connectivity index is 1.97. The summed E-state index contributed by atoms with van der Waals surface area (Å²) in [4.78, 5) is 21.2. The van der Waals surface area contributed by atoms with Crippen LogP contribution in [0.3, 0.4) is 0 Å². The van der Waals surface area contributed by atoms with Gasteiger partial charge in [-0.3, -0.25) is 4.79 Å². The predicted octanol–water partition coefficient (Wildman–Crippen LogP) is 3.28. The van der Waals surface area contributed by atoms with Gasteiger partial charge in [-0.25, -0.2) is 27.2 Å². The van der Waals surface area contributed by atoms with Gasteiger partial charge in [-0.2, -0.15) is 0 Å². The second-order valence-corrected chi connectivity index (χ2v) is 10.3. The Kier molecular flexibility index (Phi) is 5.65. The molecule has 3 aromatic heterocycles. The molecule has 0 bridgehead atoms. The molecule has 7 nitrogen and oxygen atoms in total. The maximum atomic E-state index is 14.3. The van der Waals surface area contributed by atoms with Gasteiger partial charge in [0.05, 0.1) is 29.2 Å². The lowest BCUT2D eigenvalue weighted by Crippen LogP contribution is -2.18. The lowest BCUT2D eigenvalue weighted by Gasteiger charge is -2.11. The Morgan fingerprint density at radius 1 is 1.06 bits per heavy atom. The van der Waals surface area contributed by atoms with Gasteiger partial charge in [-0.1, -0.05) is 6.07 Å². The van der Waals surface area contributed by atoms with Crippen LogP contribution in [0.1, 0.15) is 22.6 Å². The molecule has 0 spiro atoms. The number of sulfone groups is 1. The average molecular weight is 473 g/mol. The summed E-state index contributed by atoms with van der Waals surface area (Å²) in [5.74, 6) is -1.16. The van der Waals surface area contributed by atoms with Crippen LogP contribution in [-0.4, -0.2) is 33.8 Å². The number of pyridine rings is 2. The maximum absolute atomic E-state index is 14.3. The third-order valence-corrected chi connectivity index (χ3v) is 6.20. The van der Waals surface area contributed by atoms with Gasteiger partial charge < -0.3 is 9.13 Å². The quantitative estimate of drug-likeness (QED) is 0.445.